The Morgan fingerprint density at radius 2 is 1.40 bits per heavy atom. The molecule has 6 nitrogen and oxygen atoms in total. The number of amides is 2. The van der Waals surface area contributed by atoms with E-state index in [-0.39, 0.29) is 17.0 Å². The van der Waals surface area contributed by atoms with Gasteiger partial charge in [-0.05, 0) is 61.1 Å². The number of carbonyl (C=O) groups excluding carboxylic acids is 2. The van der Waals surface area contributed by atoms with Gasteiger partial charge in [-0.1, -0.05) is 108 Å². The Balaban J connectivity index is 2.33. The number of ether oxygens (including phenoxy) is 1. The van der Waals surface area contributed by atoms with Crippen LogP contribution in [0.5, 0.6) is 0 Å². The minimum atomic E-state index is -2.78. The van der Waals surface area contributed by atoms with Crippen molar-refractivity contribution in [2.75, 3.05) is 0 Å². The molecule has 0 saturated carbocycles. The number of carbonyl (C=O) groups is 2. The first kappa shape index (κ1) is 34.9. The van der Waals surface area contributed by atoms with Gasteiger partial charge in [-0.15, -0.1) is 11.8 Å². The van der Waals surface area contributed by atoms with Gasteiger partial charge in [-0.25, -0.2) is 4.79 Å². The topological polar surface area (TPSA) is 76.7 Å². The Bertz CT molecular complexity index is 1200. The van der Waals surface area contributed by atoms with Crippen LogP contribution in [0.15, 0.2) is 72.9 Å². The smallest absolute Gasteiger partial charge is 0.408 e. The molecule has 0 spiro atoms. The highest BCUT2D eigenvalue weighted by Gasteiger charge is 2.51. The summed E-state index contributed by atoms with van der Waals surface area (Å²) in [5.74, 6) is 5.92. The molecule has 42 heavy (non-hydrogen) atoms. The third-order valence-electron chi connectivity index (χ3n) is 6.80. The maximum Gasteiger partial charge on any atom is 0.408 e. The second-order valence-electron chi connectivity index (χ2n) is 13.6. The Morgan fingerprint density at radius 3 is 1.83 bits per heavy atom. The number of hydrogen-bond donors (Lipinski definition) is 2. The summed E-state index contributed by atoms with van der Waals surface area (Å²) in [6, 6.07) is 20.3. The van der Waals surface area contributed by atoms with Crippen molar-refractivity contribution in [2.45, 2.75) is 105 Å². The molecule has 228 valence electrons. The average molecular weight is 591 g/mol. The molecule has 2 aromatic carbocycles. The normalized spacial score (nSPS) is 14.0. The number of rotatable bonds is 10. The van der Waals surface area contributed by atoms with E-state index in [2.05, 4.69) is 91.8 Å². The summed E-state index contributed by atoms with van der Waals surface area (Å²) in [5.41, 5.74) is -1.19. The molecule has 2 N–H and O–H groups in total. The number of alkyl carbamates (subject to hydrolysis) is 1. The predicted octanol–water partition coefficient (Wildman–Crippen LogP) is 6.30. The summed E-state index contributed by atoms with van der Waals surface area (Å²) in [4.78, 5) is 25.6. The van der Waals surface area contributed by atoms with Crippen molar-refractivity contribution < 1.29 is 18.8 Å². The first-order valence-electron chi connectivity index (χ1n) is 14.6. The van der Waals surface area contributed by atoms with Crippen molar-refractivity contribution in [1.29, 1.82) is 0 Å². The number of nitrogens with one attached hydrogen (secondary N) is 2. The molecule has 2 aromatic rings. The maximum absolute atomic E-state index is 13.2. The van der Waals surface area contributed by atoms with Gasteiger partial charge in [0.05, 0.1) is 6.10 Å². The van der Waals surface area contributed by atoms with Crippen LogP contribution >= 0.6 is 0 Å². The van der Waals surface area contributed by atoms with Crippen LogP contribution < -0.4 is 21.0 Å². The van der Waals surface area contributed by atoms with Crippen molar-refractivity contribution in [3.8, 4) is 11.8 Å². The fraction of sp³-hybridized carbons (Fsp3) is 0.486. The molecule has 0 aliphatic rings. The fourth-order valence-electron chi connectivity index (χ4n) is 4.88. The first-order valence-corrected chi connectivity index (χ1v) is 16.6. The lowest BCUT2D eigenvalue weighted by molar-refractivity contribution is -0.124. The summed E-state index contributed by atoms with van der Waals surface area (Å²) in [6.45, 7) is 19.6. The Morgan fingerprint density at radius 1 is 0.881 bits per heavy atom. The van der Waals surface area contributed by atoms with E-state index >= 15 is 0 Å². The van der Waals surface area contributed by atoms with E-state index in [1.807, 2.05) is 45.9 Å². The van der Waals surface area contributed by atoms with Gasteiger partial charge in [0.2, 0.25) is 5.91 Å². The average Bonchev–Trinajstić information content (AvgIpc) is 2.89. The quantitative estimate of drug-likeness (QED) is 0.251. The van der Waals surface area contributed by atoms with E-state index in [9.17, 15) is 9.59 Å². The van der Waals surface area contributed by atoms with Crippen LogP contribution in [0.4, 0.5) is 4.79 Å². The van der Waals surface area contributed by atoms with Crippen LogP contribution in [0, 0.1) is 17.3 Å². The van der Waals surface area contributed by atoms with E-state index < -0.39 is 31.5 Å². The van der Waals surface area contributed by atoms with Gasteiger partial charge >= 0.3 is 6.09 Å². The highest BCUT2D eigenvalue weighted by atomic mass is 28.4. The fourth-order valence-corrected chi connectivity index (χ4v) is 9.57. The summed E-state index contributed by atoms with van der Waals surface area (Å²) in [5, 5.41) is 7.83. The van der Waals surface area contributed by atoms with Crippen LogP contribution in [0.25, 0.3) is 0 Å². The molecule has 2 atom stereocenters. The second kappa shape index (κ2) is 14.7. The lowest BCUT2D eigenvalue weighted by Crippen LogP contribution is -2.67. The molecule has 7 heteroatoms. The van der Waals surface area contributed by atoms with Crippen LogP contribution in [-0.2, 0) is 14.0 Å². The first-order chi connectivity index (χ1) is 19.5. The van der Waals surface area contributed by atoms with Gasteiger partial charge < -0.3 is 19.8 Å². The molecule has 0 bridgehead atoms. The van der Waals surface area contributed by atoms with Crippen molar-refractivity contribution in [2.24, 2.45) is 5.41 Å². The van der Waals surface area contributed by atoms with Crippen LogP contribution in [0.1, 0.15) is 82.1 Å². The molecule has 0 heterocycles. The molecule has 0 aliphatic heterocycles. The zero-order valence-corrected chi connectivity index (χ0v) is 28.1. The Kier molecular flexibility index (Phi) is 12.2. The molecule has 0 aliphatic carbocycles. The molecule has 0 aromatic heterocycles. The number of hydrogen-bond acceptors (Lipinski definition) is 4. The molecule has 2 rings (SSSR count). The molecule has 0 radical (unpaired) electrons. The SMILES string of the molecule is CC#CC[C@@H](CC=CNC(=O)[C@@H](NC(=O)OC(C)(C)C)C(C)(C)C)O[Si](c1ccccc1)(c1ccccc1)C(C)(C)C. The highest BCUT2D eigenvalue weighted by Crippen LogP contribution is 2.38. The zero-order valence-electron chi connectivity index (χ0n) is 27.1. The highest BCUT2D eigenvalue weighted by molar-refractivity contribution is 6.99. The van der Waals surface area contributed by atoms with Crippen LogP contribution in [-0.4, -0.2) is 38.1 Å². The van der Waals surface area contributed by atoms with Crippen molar-refractivity contribution in [3.63, 3.8) is 0 Å². The third-order valence-corrected chi connectivity index (χ3v) is 11.9. The predicted molar refractivity (Wildman–Crippen MR) is 175 cm³/mol. The van der Waals surface area contributed by atoms with Crippen LogP contribution in [0.2, 0.25) is 5.04 Å². The van der Waals surface area contributed by atoms with Gasteiger partial charge in [0, 0.05) is 6.42 Å². The third kappa shape index (κ3) is 9.89. The molecule has 0 saturated heterocycles. The van der Waals surface area contributed by atoms with Crippen molar-refractivity contribution in [1.82, 2.24) is 10.6 Å². The standard InChI is InChI=1S/C35H50N2O4Si/c1-11-12-20-27(21-19-26-36-31(38)30(33(2,3)4)37-32(39)40-34(5,6)7)41-42(35(8,9)10,28-22-15-13-16-23-28)29-24-17-14-18-25-29/h13-19,22-27,30H,20-21H2,1-10H3,(H,36,38)(H,37,39)/t27-,30+/m0/s1. The Labute approximate surface area is 254 Å². The van der Waals surface area contributed by atoms with E-state index in [0.29, 0.717) is 12.8 Å². The van der Waals surface area contributed by atoms with Crippen molar-refractivity contribution >= 4 is 30.7 Å². The van der Waals surface area contributed by atoms with Gasteiger partial charge in [0.15, 0.2) is 0 Å². The zero-order chi connectivity index (χ0) is 31.6. The largest absolute Gasteiger partial charge is 0.444 e. The lowest BCUT2D eigenvalue weighted by atomic mass is 9.86. The van der Waals surface area contributed by atoms with Crippen LogP contribution in [0.3, 0.4) is 0 Å². The summed E-state index contributed by atoms with van der Waals surface area (Å²) in [7, 11) is -2.78. The minimum absolute atomic E-state index is 0.168. The maximum atomic E-state index is 13.2. The second-order valence-corrected chi connectivity index (χ2v) is 17.9. The molecule has 2 amide bonds. The van der Waals surface area contributed by atoms with E-state index in [1.165, 1.54) is 10.4 Å². The molecule has 0 unspecified atom stereocenters. The van der Waals surface area contributed by atoms with E-state index in [0.717, 1.165) is 0 Å². The van der Waals surface area contributed by atoms with Gasteiger partial charge in [-0.2, -0.15) is 0 Å². The monoisotopic (exact) mass is 590 g/mol. The van der Waals surface area contributed by atoms with Gasteiger partial charge in [0.1, 0.15) is 11.6 Å². The Hall–Kier alpha value is -3.34. The molecule has 0 fully saturated rings. The number of benzene rings is 2. The molecular formula is C35H50N2O4Si. The van der Waals surface area contributed by atoms with Gasteiger partial charge in [-0.3, -0.25) is 4.79 Å². The van der Waals surface area contributed by atoms with E-state index in [1.54, 1.807) is 27.0 Å². The minimum Gasteiger partial charge on any atom is -0.444 e. The van der Waals surface area contributed by atoms with Gasteiger partial charge in [0.25, 0.3) is 8.32 Å². The summed E-state index contributed by atoms with van der Waals surface area (Å²) >= 11 is 0. The lowest BCUT2D eigenvalue weighted by Gasteiger charge is -2.45. The van der Waals surface area contributed by atoms with Crippen molar-refractivity contribution in [3.05, 3.63) is 72.9 Å². The summed E-state index contributed by atoms with van der Waals surface area (Å²) in [6.07, 6.45) is 3.83. The molecular weight excluding hydrogens is 540 g/mol. The summed E-state index contributed by atoms with van der Waals surface area (Å²) < 4.78 is 12.7. The van der Waals surface area contributed by atoms with E-state index in [4.69, 9.17) is 9.16 Å².